The Hall–Kier alpha value is -2.62. The molecule has 4 atom stereocenters. The highest BCUT2D eigenvalue weighted by molar-refractivity contribution is 5.94. The van der Waals surface area contributed by atoms with Gasteiger partial charge >= 0.3 is 12.1 Å². The van der Waals surface area contributed by atoms with Gasteiger partial charge in [0.1, 0.15) is 5.60 Å². The SMILES string of the molecule is C=CCC[C@](CC)(CCOC)NC(=N[C@H](CCOC=O)[C@H]1C[C@@H]1C(=O)OCC)NC(=O)OC(C)(C)C. The van der Waals surface area contributed by atoms with Crippen LogP contribution in [-0.2, 0) is 28.5 Å². The Bertz CT molecular complexity index is 750. The van der Waals surface area contributed by atoms with E-state index in [-0.39, 0.29) is 36.4 Å². The molecule has 0 heterocycles. The van der Waals surface area contributed by atoms with Crippen molar-refractivity contribution < 1.29 is 33.3 Å². The van der Waals surface area contributed by atoms with E-state index in [1.807, 2.05) is 6.08 Å². The summed E-state index contributed by atoms with van der Waals surface area (Å²) in [5.41, 5.74) is -1.12. The molecule has 0 saturated heterocycles. The topological polar surface area (TPSA) is 125 Å². The number of amides is 1. The van der Waals surface area contributed by atoms with Crippen LogP contribution in [0.5, 0.6) is 0 Å². The number of ether oxygens (including phenoxy) is 4. The van der Waals surface area contributed by atoms with E-state index in [9.17, 15) is 14.4 Å². The molecule has 1 amide bonds. The van der Waals surface area contributed by atoms with Gasteiger partial charge in [-0.1, -0.05) is 13.0 Å². The molecule has 1 aliphatic rings. The Morgan fingerprint density at radius 2 is 1.92 bits per heavy atom. The number of carbonyl (C=O) groups excluding carboxylic acids is 3. The van der Waals surface area contributed by atoms with Crippen molar-refractivity contribution >= 4 is 24.5 Å². The third kappa shape index (κ3) is 11.4. The van der Waals surface area contributed by atoms with E-state index < -0.39 is 17.2 Å². The fourth-order valence-corrected chi connectivity index (χ4v) is 4.05. The van der Waals surface area contributed by atoms with Crippen molar-refractivity contribution in [1.82, 2.24) is 10.6 Å². The molecule has 36 heavy (non-hydrogen) atoms. The van der Waals surface area contributed by atoms with Gasteiger partial charge in [0.05, 0.1) is 25.2 Å². The molecule has 0 unspecified atom stereocenters. The van der Waals surface area contributed by atoms with Crippen LogP contribution in [0.15, 0.2) is 17.6 Å². The van der Waals surface area contributed by atoms with Gasteiger partial charge in [-0.2, -0.15) is 0 Å². The molecule has 0 spiro atoms. The molecule has 10 heteroatoms. The molecule has 0 aromatic carbocycles. The molecule has 1 aliphatic carbocycles. The summed E-state index contributed by atoms with van der Waals surface area (Å²) in [6, 6.07) is -0.381. The summed E-state index contributed by atoms with van der Waals surface area (Å²) in [5, 5.41) is 6.23. The number of hydrogen-bond acceptors (Lipinski definition) is 8. The first-order valence-electron chi connectivity index (χ1n) is 12.7. The van der Waals surface area contributed by atoms with Crippen LogP contribution < -0.4 is 10.6 Å². The Morgan fingerprint density at radius 1 is 1.19 bits per heavy atom. The van der Waals surface area contributed by atoms with Crippen molar-refractivity contribution in [2.45, 2.75) is 90.3 Å². The molecule has 2 N–H and O–H groups in total. The highest BCUT2D eigenvalue weighted by Crippen LogP contribution is 2.44. The quantitative estimate of drug-likeness (QED) is 0.0611. The van der Waals surface area contributed by atoms with Gasteiger partial charge in [-0.05, 0) is 65.7 Å². The number of rotatable bonds is 16. The Kier molecular flexibility index (Phi) is 13.5. The molecular weight excluding hydrogens is 466 g/mol. The summed E-state index contributed by atoms with van der Waals surface area (Å²) in [7, 11) is 1.65. The Morgan fingerprint density at radius 3 is 2.47 bits per heavy atom. The van der Waals surface area contributed by atoms with E-state index in [4.69, 9.17) is 23.9 Å². The van der Waals surface area contributed by atoms with Crippen molar-refractivity contribution in [3.8, 4) is 0 Å². The third-order valence-electron chi connectivity index (χ3n) is 6.11. The lowest BCUT2D eigenvalue weighted by Crippen LogP contribution is -2.55. The van der Waals surface area contributed by atoms with E-state index in [1.165, 1.54) is 0 Å². The number of alkyl carbamates (subject to hydrolysis) is 1. The first-order valence-corrected chi connectivity index (χ1v) is 12.7. The molecule has 0 aromatic rings. The van der Waals surface area contributed by atoms with E-state index in [0.717, 1.165) is 19.3 Å². The lowest BCUT2D eigenvalue weighted by atomic mass is 9.87. The monoisotopic (exact) mass is 511 g/mol. The summed E-state index contributed by atoms with van der Waals surface area (Å²) >= 11 is 0. The average Bonchev–Trinajstić information content (AvgIpc) is 3.60. The summed E-state index contributed by atoms with van der Waals surface area (Å²) in [4.78, 5) is 40.6. The molecule has 206 valence electrons. The van der Waals surface area contributed by atoms with Crippen LogP contribution in [0.2, 0.25) is 0 Å². The highest BCUT2D eigenvalue weighted by Gasteiger charge is 2.49. The number of nitrogens with zero attached hydrogens (tertiary/aromatic N) is 1. The van der Waals surface area contributed by atoms with Crippen LogP contribution in [0.1, 0.15) is 73.1 Å². The minimum absolute atomic E-state index is 0.0836. The number of carbonyl (C=O) groups is 3. The van der Waals surface area contributed by atoms with Gasteiger partial charge in [-0.15, -0.1) is 6.58 Å². The molecule has 1 rings (SSSR count). The second-order valence-corrected chi connectivity index (χ2v) is 10.0. The molecular formula is C26H45N3O7. The lowest BCUT2D eigenvalue weighted by Gasteiger charge is -2.35. The number of aliphatic imine (C=N–C) groups is 1. The first-order chi connectivity index (χ1) is 17.0. The lowest BCUT2D eigenvalue weighted by molar-refractivity contribution is -0.145. The number of methoxy groups -OCH3 is 1. The predicted octanol–water partition coefficient (Wildman–Crippen LogP) is 3.74. The maximum atomic E-state index is 12.7. The zero-order valence-electron chi connectivity index (χ0n) is 22.8. The largest absolute Gasteiger partial charge is 0.468 e. The third-order valence-corrected chi connectivity index (χ3v) is 6.11. The van der Waals surface area contributed by atoms with Crippen LogP contribution in [0, 0.1) is 11.8 Å². The summed E-state index contributed by atoms with van der Waals surface area (Å²) in [6.45, 7) is 14.4. The maximum Gasteiger partial charge on any atom is 0.414 e. The number of esters is 1. The van der Waals surface area contributed by atoms with E-state index in [1.54, 1.807) is 34.8 Å². The van der Waals surface area contributed by atoms with Gasteiger partial charge in [0.25, 0.3) is 6.47 Å². The number of allylic oxidation sites excluding steroid dienone is 1. The van der Waals surface area contributed by atoms with Crippen molar-refractivity contribution in [3.05, 3.63) is 12.7 Å². The van der Waals surface area contributed by atoms with Gasteiger partial charge in [0.2, 0.25) is 5.96 Å². The normalized spacial score (nSPS) is 19.9. The molecule has 0 bridgehead atoms. The summed E-state index contributed by atoms with van der Waals surface area (Å²) in [6.07, 6.45) is 5.15. The molecule has 0 aromatic heterocycles. The van der Waals surface area contributed by atoms with E-state index in [0.29, 0.717) is 38.9 Å². The number of nitrogens with one attached hydrogen (secondary N) is 2. The minimum atomic E-state index is -0.696. The second-order valence-electron chi connectivity index (χ2n) is 10.0. The van der Waals surface area contributed by atoms with Gasteiger partial charge in [0, 0.05) is 25.7 Å². The Labute approximate surface area is 215 Å². The summed E-state index contributed by atoms with van der Waals surface area (Å²) in [5.74, 6) is -0.373. The molecule has 1 fully saturated rings. The van der Waals surface area contributed by atoms with Crippen molar-refractivity contribution in [1.29, 1.82) is 0 Å². The van der Waals surface area contributed by atoms with Gasteiger partial charge in [0.15, 0.2) is 0 Å². The van der Waals surface area contributed by atoms with Crippen LogP contribution in [0.3, 0.4) is 0 Å². The van der Waals surface area contributed by atoms with E-state index in [2.05, 4.69) is 24.1 Å². The average molecular weight is 512 g/mol. The van der Waals surface area contributed by atoms with Crippen molar-refractivity contribution in [2.75, 3.05) is 26.9 Å². The Balaban J connectivity index is 3.31. The maximum absolute atomic E-state index is 12.7. The fourth-order valence-electron chi connectivity index (χ4n) is 4.05. The highest BCUT2D eigenvalue weighted by atomic mass is 16.6. The van der Waals surface area contributed by atoms with Crippen LogP contribution >= 0.6 is 0 Å². The minimum Gasteiger partial charge on any atom is -0.468 e. The zero-order chi connectivity index (χ0) is 27.2. The number of guanidine groups is 1. The van der Waals surface area contributed by atoms with Crippen molar-refractivity contribution in [2.24, 2.45) is 16.8 Å². The van der Waals surface area contributed by atoms with Gasteiger partial charge in [-0.3, -0.25) is 14.9 Å². The number of hydrogen-bond donors (Lipinski definition) is 2. The fraction of sp³-hybridized carbons (Fsp3) is 0.769. The van der Waals surface area contributed by atoms with Gasteiger partial charge < -0.3 is 24.3 Å². The predicted molar refractivity (Wildman–Crippen MR) is 138 cm³/mol. The second kappa shape index (κ2) is 15.5. The summed E-state index contributed by atoms with van der Waals surface area (Å²) < 4.78 is 20.9. The van der Waals surface area contributed by atoms with Crippen LogP contribution in [-0.4, -0.2) is 68.6 Å². The zero-order valence-corrected chi connectivity index (χ0v) is 22.8. The molecule has 1 saturated carbocycles. The smallest absolute Gasteiger partial charge is 0.414 e. The first kappa shape index (κ1) is 31.4. The molecule has 10 nitrogen and oxygen atoms in total. The van der Waals surface area contributed by atoms with E-state index >= 15 is 0 Å². The van der Waals surface area contributed by atoms with Crippen molar-refractivity contribution in [3.63, 3.8) is 0 Å². The van der Waals surface area contributed by atoms with Gasteiger partial charge in [-0.25, -0.2) is 9.79 Å². The molecule has 0 aliphatic heterocycles. The van der Waals surface area contributed by atoms with Crippen LogP contribution in [0.25, 0.3) is 0 Å². The molecule has 0 radical (unpaired) electrons. The van der Waals surface area contributed by atoms with Crippen LogP contribution in [0.4, 0.5) is 4.79 Å². The standard InChI is InChI=1S/C26H45N3O7/c1-8-11-13-26(9-2,14-16-33-7)29-23(28-24(32)36-25(4,5)6)27-21(12-15-34-18-30)19-17-20(19)22(31)35-10-3/h8,18-21H,1,9-17H2,2-7H3,(H2,27,28,29,32)/t19-,20-,21+,26+/m0/s1.